The van der Waals surface area contributed by atoms with Crippen molar-refractivity contribution in [1.29, 1.82) is 0 Å². The molecule has 0 saturated heterocycles. The topological polar surface area (TPSA) is 63.3 Å². The highest BCUT2D eigenvalue weighted by atomic mass is 16.3. The second-order valence-corrected chi connectivity index (χ2v) is 3.62. The normalized spacial score (nSPS) is 14.6. The van der Waals surface area contributed by atoms with Gasteiger partial charge in [-0.2, -0.15) is 0 Å². The van der Waals surface area contributed by atoms with Crippen LogP contribution in [0.15, 0.2) is 42.0 Å². The zero-order chi connectivity index (χ0) is 12.6. The molecule has 3 nitrogen and oxygen atoms in total. The van der Waals surface area contributed by atoms with Gasteiger partial charge in [-0.15, -0.1) is 0 Å². The maximum absolute atomic E-state index is 9.65. The largest absolute Gasteiger partial charge is 0.372 e. The van der Waals surface area contributed by atoms with Gasteiger partial charge in [-0.3, -0.25) is 0 Å². The average Bonchev–Trinajstić information content (AvgIpc) is 2.28. The third-order valence-electron chi connectivity index (χ3n) is 2.24. The van der Waals surface area contributed by atoms with E-state index in [1.807, 2.05) is 50.1 Å². The summed E-state index contributed by atoms with van der Waals surface area (Å²) < 4.78 is 0. The first-order valence-electron chi connectivity index (χ1n) is 5.03. The van der Waals surface area contributed by atoms with Crippen molar-refractivity contribution in [2.45, 2.75) is 26.0 Å². The summed E-state index contributed by atoms with van der Waals surface area (Å²) in [7, 11) is 0. The summed E-state index contributed by atoms with van der Waals surface area (Å²) in [5.41, 5.74) is 6.40. The number of carbonyl (C=O) groups excluding carboxylic acids is 1. The van der Waals surface area contributed by atoms with Gasteiger partial charge in [0.1, 0.15) is 12.5 Å². The van der Waals surface area contributed by atoms with Crippen molar-refractivity contribution in [3.63, 3.8) is 0 Å². The first kappa shape index (κ1) is 14.6. The highest BCUT2D eigenvalue weighted by molar-refractivity contribution is 5.25. The Morgan fingerprint density at radius 2 is 1.94 bits per heavy atom. The molecule has 0 spiro atoms. The SMILES string of the molecule is C/C=C(/Cc1ccccc1)C(C)(N)O.C=O. The van der Waals surface area contributed by atoms with Crippen LogP contribution >= 0.6 is 0 Å². The summed E-state index contributed by atoms with van der Waals surface area (Å²) in [6.45, 7) is 5.49. The number of benzene rings is 1. The average molecular weight is 221 g/mol. The second kappa shape index (κ2) is 6.93. The van der Waals surface area contributed by atoms with Crippen LogP contribution < -0.4 is 5.73 Å². The molecule has 0 aliphatic rings. The summed E-state index contributed by atoms with van der Waals surface area (Å²) in [5, 5.41) is 9.65. The minimum atomic E-state index is -1.22. The Kier molecular flexibility index (Phi) is 6.30. The van der Waals surface area contributed by atoms with Crippen molar-refractivity contribution in [3.05, 3.63) is 47.5 Å². The van der Waals surface area contributed by atoms with Gasteiger partial charge >= 0.3 is 0 Å². The summed E-state index contributed by atoms with van der Waals surface area (Å²) in [6.07, 6.45) is 2.56. The van der Waals surface area contributed by atoms with Crippen molar-refractivity contribution in [2.24, 2.45) is 5.73 Å². The number of aliphatic hydroxyl groups is 1. The molecule has 0 aromatic heterocycles. The monoisotopic (exact) mass is 221 g/mol. The smallest absolute Gasteiger partial charge is 0.133 e. The van der Waals surface area contributed by atoms with Gasteiger partial charge in [-0.1, -0.05) is 36.4 Å². The van der Waals surface area contributed by atoms with Crippen LogP contribution in [0.2, 0.25) is 0 Å². The molecule has 0 heterocycles. The van der Waals surface area contributed by atoms with Gasteiger partial charge < -0.3 is 15.6 Å². The Labute approximate surface area is 96.6 Å². The van der Waals surface area contributed by atoms with Gasteiger partial charge in [0, 0.05) is 0 Å². The molecule has 0 saturated carbocycles. The molecule has 1 aromatic carbocycles. The molecular weight excluding hydrogens is 202 g/mol. The molecule has 1 atom stereocenters. The third-order valence-corrected chi connectivity index (χ3v) is 2.24. The molecule has 3 N–H and O–H groups in total. The fourth-order valence-corrected chi connectivity index (χ4v) is 1.39. The summed E-state index contributed by atoms with van der Waals surface area (Å²) in [4.78, 5) is 8.00. The molecule has 0 aliphatic carbocycles. The van der Waals surface area contributed by atoms with Crippen LogP contribution in [0.4, 0.5) is 0 Å². The van der Waals surface area contributed by atoms with E-state index in [2.05, 4.69) is 0 Å². The molecule has 0 radical (unpaired) electrons. The van der Waals surface area contributed by atoms with Crippen molar-refractivity contribution in [2.75, 3.05) is 0 Å². The van der Waals surface area contributed by atoms with Crippen LogP contribution in [0, 0.1) is 0 Å². The summed E-state index contributed by atoms with van der Waals surface area (Å²) in [6, 6.07) is 9.98. The van der Waals surface area contributed by atoms with Crippen molar-refractivity contribution in [1.82, 2.24) is 0 Å². The van der Waals surface area contributed by atoms with E-state index >= 15 is 0 Å². The van der Waals surface area contributed by atoms with Crippen LogP contribution in [0.25, 0.3) is 0 Å². The van der Waals surface area contributed by atoms with E-state index in [4.69, 9.17) is 10.5 Å². The molecule has 3 heteroatoms. The van der Waals surface area contributed by atoms with E-state index in [-0.39, 0.29) is 0 Å². The Bertz CT molecular complexity index is 326. The Morgan fingerprint density at radius 1 is 1.44 bits per heavy atom. The number of nitrogens with two attached hydrogens (primary N) is 1. The molecule has 1 unspecified atom stereocenters. The molecule has 1 aromatic rings. The van der Waals surface area contributed by atoms with Gasteiger partial charge in [-0.25, -0.2) is 0 Å². The van der Waals surface area contributed by atoms with Gasteiger partial charge in [0.05, 0.1) is 0 Å². The molecule has 0 bridgehead atoms. The zero-order valence-electron chi connectivity index (χ0n) is 9.81. The lowest BCUT2D eigenvalue weighted by atomic mass is 9.97. The van der Waals surface area contributed by atoms with Crippen LogP contribution in [-0.4, -0.2) is 17.6 Å². The Morgan fingerprint density at radius 3 is 2.31 bits per heavy atom. The molecular formula is C13H19NO2. The molecule has 1 rings (SSSR count). The first-order valence-corrected chi connectivity index (χ1v) is 5.03. The number of carbonyl (C=O) groups is 1. The minimum Gasteiger partial charge on any atom is -0.372 e. The van der Waals surface area contributed by atoms with E-state index in [9.17, 15) is 5.11 Å². The lowest BCUT2D eigenvalue weighted by molar-refractivity contribution is -0.0979. The van der Waals surface area contributed by atoms with E-state index in [1.165, 1.54) is 0 Å². The van der Waals surface area contributed by atoms with Crippen molar-refractivity contribution < 1.29 is 9.90 Å². The van der Waals surface area contributed by atoms with Crippen molar-refractivity contribution in [3.8, 4) is 0 Å². The predicted octanol–water partition coefficient (Wildman–Crippen LogP) is 1.66. The predicted molar refractivity (Wildman–Crippen MR) is 65.8 cm³/mol. The fourth-order valence-electron chi connectivity index (χ4n) is 1.39. The van der Waals surface area contributed by atoms with Gasteiger partial charge in [0.2, 0.25) is 0 Å². The summed E-state index contributed by atoms with van der Waals surface area (Å²) in [5.74, 6) is 0. The number of hydrogen-bond acceptors (Lipinski definition) is 3. The molecule has 88 valence electrons. The van der Waals surface area contributed by atoms with Crippen LogP contribution in [0.5, 0.6) is 0 Å². The number of allylic oxidation sites excluding steroid dienone is 1. The lowest BCUT2D eigenvalue weighted by Gasteiger charge is -2.21. The van der Waals surface area contributed by atoms with Crippen LogP contribution in [0.1, 0.15) is 19.4 Å². The van der Waals surface area contributed by atoms with Gasteiger partial charge in [0.25, 0.3) is 0 Å². The van der Waals surface area contributed by atoms with Crippen molar-refractivity contribution >= 4 is 6.79 Å². The van der Waals surface area contributed by atoms with Crippen LogP contribution in [0.3, 0.4) is 0 Å². The van der Waals surface area contributed by atoms with E-state index < -0.39 is 5.72 Å². The number of rotatable bonds is 3. The van der Waals surface area contributed by atoms with Gasteiger partial charge in [-0.05, 0) is 31.4 Å². The number of hydrogen-bond donors (Lipinski definition) is 2. The maximum Gasteiger partial charge on any atom is 0.133 e. The quantitative estimate of drug-likeness (QED) is 0.602. The highest BCUT2D eigenvalue weighted by Gasteiger charge is 2.18. The third kappa shape index (κ3) is 4.87. The van der Waals surface area contributed by atoms with E-state index in [1.54, 1.807) is 6.92 Å². The first-order chi connectivity index (χ1) is 7.54. The second-order valence-electron chi connectivity index (χ2n) is 3.62. The summed E-state index contributed by atoms with van der Waals surface area (Å²) >= 11 is 0. The highest BCUT2D eigenvalue weighted by Crippen LogP contribution is 2.15. The zero-order valence-corrected chi connectivity index (χ0v) is 9.81. The molecule has 0 fully saturated rings. The van der Waals surface area contributed by atoms with Gasteiger partial charge in [0.15, 0.2) is 0 Å². The van der Waals surface area contributed by atoms with E-state index in [0.717, 1.165) is 11.1 Å². The minimum absolute atomic E-state index is 0.695. The standard InChI is InChI=1S/C12H17NO.CH2O/c1-3-11(12(2,13)14)9-10-7-5-4-6-8-10;1-2/h3-8,14H,9,13H2,1-2H3;1H2/b11-3-;. The molecule has 0 aliphatic heterocycles. The Balaban J connectivity index is 0.00000106. The Hall–Kier alpha value is -1.45. The molecule has 0 amide bonds. The van der Waals surface area contributed by atoms with Crippen LogP contribution in [-0.2, 0) is 11.2 Å². The maximum atomic E-state index is 9.65. The molecule has 16 heavy (non-hydrogen) atoms. The van der Waals surface area contributed by atoms with E-state index in [0.29, 0.717) is 6.42 Å². The lowest BCUT2D eigenvalue weighted by Crippen LogP contribution is -2.38. The fraction of sp³-hybridized carbons (Fsp3) is 0.308.